The van der Waals surface area contributed by atoms with Crippen molar-refractivity contribution in [3.05, 3.63) is 171 Å². The minimum Gasteiger partial charge on any atom is -0.508 e. The molecule has 2 fully saturated rings. The van der Waals surface area contributed by atoms with Gasteiger partial charge in [0, 0.05) is 42.7 Å². The van der Waals surface area contributed by atoms with Crippen molar-refractivity contribution in [2.24, 2.45) is 44.9 Å². The van der Waals surface area contributed by atoms with Gasteiger partial charge in [0.05, 0.1) is 30.5 Å². The zero-order valence-corrected chi connectivity index (χ0v) is 47.1. The normalized spacial score (nSPS) is 30.9. The smallest absolute Gasteiger partial charge is 0.243 e. The monoisotopic (exact) mass is 1100 g/mol. The van der Waals surface area contributed by atoms with E-state index in [0.717, 1.165) is 27.8 Å². The zero-order chi connectivity index (χ0) is 57.9. The highest BCUT2D eigenvalue weighted by Crippen LogP contribution is 2.67. The van der Waals surface area contributed by atoms with Gasteiger partial charge in [0.1, 0.15) is 23.7 Å². The number of ketones is 1. The summed E-state index contributed by atoms with van der Waals surface area (Å²) in [6.07, 6.45) is 7.85. The van der Waals surface area contributed by atoms with Crippen molar-refractivity contribution >= 4 is 17.6 Å². The van der Waals surface area contributed by atoms with E-state index in [9.17, 15) is 40.5 Å². The lowest BCUT2D eigenvalue weighted by Gasteiger charge is -2.57. The third kappa shape index (κ3) is 12.1. The van der Waals surface area contributed by atoms with Crippen LogP contribution in [0.5, 0.6) is 5.75 Å². The average molecular weight is 1100 g/mol. The highest BCUT2D eigenvalue weighted by molar-refractivity contribution is 5.98. The number of aliphatic hydroxyl groups excluding tert-OH is 4. The maximum absolute atomic E-state index is 15.2. The lowest BCUT2D eigenvalue weighted by molar-refractivity contribution is -0.174. The van der Waals surface area contributed by atoms with Gasteiger partial charge in [-0.15, -0.1) is 0 Å². The lowest BCUT2D eigenvalue weighted by atomic mass is 9.51. The number of guanidine groups is 1. The topological polar surface area (TPSA) is 302 Å². The molecule has 3 aromatic rings. The van der Waals surface area contributed by atoms with Crippen LogP contribution in [0.2, 0.25) is 0 Å². The number of aliphatic hydroxyl groups is 6. The molecule has 2 saturated carbocycles. The number of hydrogen-bond donors (Lipinski definition) is 13. The summed E-state index contributed by atoms with van der Waals surface area (Å²) in [5.74, 6) is -2.37. The predicted molar refractivity (Wildman–Crippen MR) is 311 cm³/mol. The fourth-order valence-electron chi connectivity index (χ4n) is 14.0. The Hall–Kier alpha value is -6.05. The van der Waals surface area contributed by atoms with Gasteiger partial charge >= 0.3 is 0 Å². The summed E-state index contributed by atoms with van der Waals surface area (Å²) in [5, 5.41) is 93.6. The van der Waals surface area contributed by atoms with Crippen molar-refractivity contribution in [1.29, 1.82) is 0 Å². The number of benzene rings is 3. The van der Waals surface area contributed by atoms with Gasteiger partial charge in [0.25, 0.3) is 0 Å². The first-order valence-corrected chi connectivity index (χ1v) is 28.3. The molecule has 3 aromatic carbocycles. The molecule has 16 heteroatoms. The first-order valence-electron chi connectivity index (χ1n) is 28.3. The number of β-amino-alcohol motifs (C(OH)–C–C–N with tert-alkyl or cyclic N) is 1. The second-order valence-corrected chi connectivity index (χ2v) is 23.7. The van der Waals surface area contributed by atoms with Crippen LogP contribution in [0.3, 0.4) is 0 Å². The summed E-state index contributed by atoms with van der Waals surface area (Å²) in [6.45, 7) is 13.8. The molecule has 0 aromatic heterocycles. The van der Waals surface area contributed by atoms with E-state index in [-0.39, 0.29) is 56.3 Å². The molecule has 2 heterocycles. The fraction of sp³-hybridized carbons (Fsp3) is 0.484. The van der Waals surface area contributed by atoms with Gasteiger partial charge in [0.15, 0.2) is 11.7 Å². The number of fused-ring (bicyclic) bond motifs is 4. The Kier molecular flexibility index (Phi) is 18.5. The minimum atomic E-state index is -1.46. The number of Topliss-reactive ketones (excluding diaryl/α,β-unsaturated/α-hetero) is 1. The molecule has 3 aliphatic carbocycles. The Morgan fingerprint density at radius 1 is 1.00 bits per heavy atom. The van der Waals surface area contributed by atoms with E-state index in [1.165, 1.54) is 0 Å². The van der Waals surface area contributed by atoms with E-state index in [1.54, 1.807) is 50.3 Å². The summed E-state index contributed by atoms with van der Waals surface area (Å²) in [4.78, 5) is 33.8. The highest BCUT2D eigenvalue weighted by atomic mass is 16.3. The van der Waals surface area contributed by atoms with E-state index >= 15 is 4.79 Å². The number of amides is 1. The van der Waals surface area contributed by atoms with Crippen molar-refractivity contribution in [3.63, 3.8) is 0 Å². The van der Waals surface area contributed by atoms with Crippen LogP contribution in [-0.2, 0) is 28.9 Å². The molecule has 16 N–H and O–H groups in total. The number of aromatic hydroxyl groups is 1. The maximum atomic E-state index is 15.2. The molecule has 5 aliphatic rings. The van der Waals surface area contributed by atoms with E-state index in [0.29, 0.717) is 84.1 Å². The number of aliphatic imine (C=N–C) groups is 1. The van der Waals surface area contributed by atoms with Crippen molar-refractivity contribution in [2.75, 3.05) is 26.2 Å². The summed E-state index contributed by atoms with van der Waals surface area (Å²) < 4.78 is 0. The zero-order valence-electron chi connectivity index (χ0n) is 47.1. The number of nitrogens with two attached hydrogens (primary N) is 3. The molecule has 1 amide bonds. The van der Waals surface area contributed by atoms with Crippen LogP contribution in [0.25, 0.3) is 0 Å². The van der Waals surface area contributed by atoms with Gasteiger partial charge < -0.3 is 58.3 Å². The Morgan fingerprint density at radius 3 is 2.40 bits per heavy atom. The number of phenolic OH excluding ortho intramolecular Hbond substituents is 1. The van der Waals surface area contributed by atoms with Crippen LogP contribution >= 0.6 is 0 Å². The Balaban J connectivity index is 1.22. The number of allylic oxidation sites excluding steroid dienone is 6. The van der Waals surface area contributed by atoms with Crippen molar-refractivity contribution < 1.29 is 45.3 Å². The van der Waals surface area contributed by atoms with Gasteiger partial charge in [-0.2, -0.15) is 0 Å². The largest absolute Gasteiger partial charge is 0.508 e. The second kappa shape index (κ2) is 24.6. The van der Waals surface area contributed by atoms with Crippen molar-refractivity contribution in [3.8, 4) is 5.75 Å². The number of carbonyl (C=O) groups excluding carboxylic acids is 2. The number of phenols is 1. The number of likely N-dealkylation sites (N-methyl/N-ethyl adjacent to an activating group) is 1. The molecule has 430 valence electrons. The van der Waals surface area contributed by atoms with Gasteiger partial charge in [-0.25, -0.2) is 0 Å². The molecule has 8 rings (SSSR count). The Labute approximate surface area is 471 Å². The van der Waals surface area contributed by atoms with Crippen LogP contribution in [0, 0.1) is 22.7 Å². The van der Waals surface area contributed by atoms with E-state index in [2.05, 4.69) is 27.5 Å². The quantitative estimate of drug-likeness (QED) is 0.0494. The molecule has 2 aliphatic heterocycles. The van der Waals surface area contributed by atoms with Crippen LogP contribution < -0.4 is 33.2 Å². The van der Waals surface area contributed by atoms with E-state index in [4.69, 9.17) is 17.2 Å². The maximum Gasteiger partial charge on any atom is 0.243 e. The number of nitrogens with one attached hydrogen (secondary N) is 3. The Morgan fingerprint density at radius 2 is 1.71 bits per heavy atom. The summed E-state index contributed by atoms with van der Waals surface area (Å²) >= 11 is 0. The molecule has 0 saturated heterocycles. The van der Waals surface area contributed by atoms with Crippen molar-refractivity contribution in [1.82, 2.24) is 16.0 Å². The molecular formula is C64H85N7O9. The number of rotatable bonds is 11. The summed E-state index contributed by atoms with van der Waals surface area (Å²) in [5.41, 5.74) is 21.3. The van der Waals surface area contributed by atoms with Crippen molar-refractivity contribution in [2.45, 2.75) is 147 Å². The molecule has 2 bridgehead atoms. The van der Waals surface area contributed by atoms with Gasteiger partial charge in [-0.1, -0.05) is 104 Å². The van der Waals surface area contributed by atoms with Crippen LogP contribution in [-0.4, -0.2) is 109 Å². The molecule has 80 heavy (non-hydrogen) atoms. The van der Waals surface area contributed by atoms with Gasteiger partial charge in [-0.05, 0) is 171 Å². The number of hydrogen-bond acceptors (Lipinski definition) is 13. The molecular weight excluding hydrogens is 1010 g/mol. The molecule has 2 spiro atoms. The first kappa shape index (κ1) is 60.1. The third-order valence-electron chi connectivity index (χ3n) is 18.4. The molecule has 12 atom stereocenters. The van der Waals surface area contributed by atoms with E-state index < -0.39 is 82.9 Å². The molecule has 12 unspecified atom stereocenters. The van der Waals surface area contributed by atoms with Crippen LogP contribution in [0.15, 0.2) is 142 Å². The van der Waals surface area contributed by atoms with Crippen LogP contribution in [0.4, 0.5) is 0 Å². The average Bonchev–Trinajstić information content (AvgIpc) is 3.48. The fourth-order valence-corrected chi connectivity index (χ4v) is 14.0. The summed E-state index contributed by atoms with van der Waals surface area (Å²) in [7, 11) is 0. The molecule has 0 radical (unpaired) electrons. The second-order valence-electron chi connectivity index (χ2n) is 23.7. The lowest BCUT2D eigenvalue weighted by Crippen LogP contribution is -2.61. The molecule has 16 nitrogen and oxygen atoms in total. The van der Waals surface area contributed by atoms with Gasteiger partial charge in [0.2, 0.25) is 5.91 Å². The third-order valence-corrected chi connectivity index (χ3v) is 18.4. The minimum absolute atomic E-state index is 0.0638. The number of nitrogens with zero attached hydrogens (tertiary/aromatic N) is 1. The standard InChI is InChI=1S/C64H85N7O9/c1-7-70-64(80,25-20-37(2)3)38(4)28-42-21-24-62(45(30-42)36-72)26-27-63(59(62)78)52-19-18-47(74)31-40-10-8-11-41(29-40)32-50(51(34-69-60(66)67)43-14-16-46(73)17-15-43)54(76)35-68-56-55-44(12-9-13-49(55)57(65)71-58(56)77)33-53(75)39(5)48(52)22-23-61(63,6)79/h8-17,20-21,24,28-30,47,50-52,54,56-57,59,68,70,72-74,76,78-80H,4,7,18-19,22-23,25-27,31-36,65H2,1-3,5-6H3,(H,71,77)(H4,66,67,69). The van der Waals surface area contributed by atoms with Gasteiger partial charge in [-0.3, -0.25) is 25.2 Å². The summed E-state index contributed by atoms with van der Waals surface area (Å²) in [6, 6.07) is 18.9. The predicted octanol–water partition coefficient (Wildman–Crippen LogP) is 5.43. The first-order chi connectivity index (χ1) is 38.0. The van der Waals surface area contributed by atoms with E-state index in [1.807, 2.05) is 81.5 Å². The number of carbonyl (C=O) groups is 2. The van der Waals surface area contributed by atoms with Crippen LogP contribution in [0.1, 0.15) is 131 Å². The highest BCUT2D eigenvalue weighted by Gasteiger charge is 2.68. The Bertz CT molecular complexity index is 2990. The SMILES string of the molecule is C=C(C=C1C=CC2(CCC3(C4CCC(O)Cc5cccc(c5)CC(C(CN=C(N)N)c5ccc(O)cc5)C(O)CNC5C(=O)NC(N)c6cccc(c65)CC(=O)C(C)=C4CCC3(C)O)C2O)C(CO)=C1)C(O)(CC=C(C)C)NCC.